The Balaban J connectivity index is 1.33. The van der Waals surface area contributed by atoms with E-state index in [4.69, 9.17) is 19.1 Å². The van der Waals surface area contributed by atoms with Crippen LogP contribution in [0.3, 0.4) is 0 Å². The third-order valence-electron chi connectivity index (χ3n) is 6.60. The number of nitrogens with zero attached hydrogens (tertiary/aromatic N) is 4. The Labute approximate surface area is 202 Å². The molecule has 1 fully saturated rings. The first kappa shape index (κ1) is 22.5. The van der Waals surface area contributed by atoms with Crippen molar-refractivity contribution in [3.63, 3.8) is 0 Å². The van der Waals surface area contributed by atoms with Gasteiger partial charge in [0, 0.05) is 36.3 Å². The Morgan fingerprint density at radius 2 is 1.72 bits per heavy atom. The van der Waals surface area contributed by atoms with Gasteiger partial charge in [-0.2, -0.15) is 13.2 Å². The molecule has 1 saturated heterocycles. The lowest BCUT2D eigenvalue weighted by Crippen LogP contribution is -2.49. The number of aryl methyl sites for hydroxylation is 1. The van der Waals surface area contributed by atoms with Crippen molar-refractivity contribution in [2.45, 2.75) is 25.6 Å². The number of carboxylic acid groups (broad SMARTS) is 1. The molecule has 0 unspecified atom stereocenters. The van der Waals surface area contributed by atoms with Crippen molar-refractivity contribution in [1.29, 1.82) is 0 Å². The van der Waals surface area contributed by atoms with Crippen molar-refractivity contribution < 1.29 is 32.1 Å². The maximum absolute atomic E-state index is 14.1. The van der Waals surface area contributed by atoms with Gasteiger partial charge in [0.1, 0.15) is 17.0 Å². The lowest BCUT2D eigenvalue weighted by Gasteiger charge is -2.36. The molecule has 0 radical (unpaired) electrons. The average molecular weight is 496 g/mol. The van der Waals surface area contributed by atoms with Gasteiger partial charge < -0.3 is 14.2 Å². The number of halogens is 3. The monoisotopic (exact) mass is 496 g/mol. The predicted octanol–water partition coefficient (Wildman–Crippen LogP) is 4.69. The molecule has 0 saturated carbocycles. The summed E-state index contributed by atoms with van der Waals surface area (Å²) in [7, 11) is 0. The average Bonchev–Trinajstić information content (AvgIpc) is 3.45. The number of hydrogen-bond donors (Lipinski definition) is 1. The lowest BCUT2D eigenvalue weighted by atomic mass is 9.91. The maximum Gasteiger partial charge on any atom is 0.422 e. The van der Waals surface area contributed by atoms with Crippen LogP contribution >= 0.6 is 0 Å². The molecule has 0 atom stereocenters. The molecule has 36 heavy (non-hydrogen) atoms. The highest BCUT2D eigenvalue weighted by Crippen LogP contribution is 2.46. The van der Waals surface area contributed by atoms with Crippen LogP contribution in [0, 0.1) is 5.92 Å². The molecule has 184 valence electrons. The van der Waals surface area contributed by atoms with E-state index in [1.165, 1.54) is 12.1 Å². The normalized spacial score (nSPS) is 15.9. The first-order valence-corrected chi connectivity index (χ1v) is 11.3. The molecule has 0 spiro atoms. The molecular weight excluding hydrogens is 477 g/mol. The summed E-state index contributed by atoms with van der Waals surface area (Å²) in [5.74, 6) is -1.14. The zero-order chi connectivity index (χ0) is 25.0. The molecular formula is C25H19F3N4O4. The highest BCUT2D eigenvalue weighted by atomic mass is 19.4. The van der Waals surface area contributed by atoms with Gasteiger partial charge in [0.2, 0.25) is 0 Å². The summed E-state index contributed by atoms with van der Waals surface area (Å²) in [6.07, 6.45) is -3.84. The summed E-state index contributed by atoms with van der Waals surface area (Å²) in [6.45, 7) is 1.49. The second kappa shape index (κ2) is 8.30. The first-order chi connectivity index (χ1) is 17.3. The van der Waals surface area contributed by atoms with E-state index in [0.29, 0.717) is 49.4 Å². The SMILES string of the molecule is O=C(O)C1CN(Cc2ccc3c(n2)CCc2c(-c4noc(-c5ccccc5)c4C(F)(F)F)noc2-3)C1. The summed E-state index contributed by atoms with van der Waals surface area (Å²) >= 11 is 0. The summed E-state index contributed by atoms with van der Waals surface area (Å²) in [5, 5.41) is 16.8. The molecule has 11 heteroatoms. The molecule has 8 nitrogen and oxygen atoms in total. The summed E-state index contributed by atoms with van der Waals surface area (Å²) in [4.78, 5) is 17.7. The van der Waals surface area contributed by atoms with Gasteiger partial charge in [-0.1, -0.05) is 40.6 Å². The van der Waals surface area contributed by atoms with Crippen molar-refractivity contribution in [1.82, 2.24) is 20.2 Å². The van der Waals surface area contributed by atoms with Gasteiger partial charge in [-0.3, -0.25) is 14.7 Å². The van der Waals surface area contributed by atoms with E-state index < -0.39 is 23.4 Å². The van der Waals surface area contributed by atoms with Gasteiger partial charge in [0.05, 0.1) is 17.3 Å². The van der Waals surface area contributed by atoms with Crippen molar-refractivity contribution in [2.75, 3.05) is 13.1 Å². The van der Waals surface area contributed by atoms with E-state index >= 15 is 0 Å². The number of fused-ring (bicyclic) bond motifs is 3. The van der Waals surface area contributed by atoms with Gasteiger partial charge in [0.25, 0.3) is 0 Å². The smallest absolute Gasteiger partial charge is 0.422 e. The Morgan fingerprint density at radius 1 is 1.00 bits per heavy atom. The number of alkyl halides is 3. The summed E-state index contributed by atoms with van der Waals surface area (Å²) < 4.78 is 53.1. The molecule has 3 aromatic heterocycles. The second-order valence-corrected chi connectivity index (χ2v) is 8.96. The van der Waals surface area contributed by atoms with Crippen molar-refractivity contribution in [3.05, 3.63) is 65.0 Å². The topological polar surface area (TPSA) is 105 Å². The van der Waals surface area contributed by atoms with Crippen LogP contribution in [0.15, 0.2) is 51.5 Å². The Bertz CT molecular complexity index is 1460. The standard InChI is InChI=1S/C25H19F3N4O4/c26-25(27,28)19-21(31-35-22(19)13-4-2-1-3-5-13)20-17-8-9-18-16(23(17)36-30-20)7-6-15(29-18)12-32-10-14(11-32)24(33)34/h1-7,14H,8-12H2,(H,33,34). The third kappa shape index (κ3) is 3.76. The molecule has 1 N–H and O–H groups in total. The quantitative estimate of drug-likeness (QED) is 0.424. The van der Waals surface area contributed by atoms with Crippen LogP contribution < -0.4 is 0 Å². The minimum atomic E-state index is -4.72. The Morgan fingerprint density at radius 3 is 2.44 bits per heavy atom. The number of aliphatic carboxylic acids is 1. The van der Waals surface area contributed by atoms with Crippen LogP contribution in [0.5, 0.6) is 0 Å². The minimum Gasteiger partial charge on any atom is -0.481 e. The fourth-order valence-electron chi connectivity index (χ4n) is 4.80. The van der Waals surface area contributed by atoms with Crippen LogP contribution in [-0.2, 0) is 30.4 Å². The molecule has 4 aromatic rings. The van der Waals surface area contributed by atoms with Crippen LogP contribution in [0.2, 0.25) is 0 Å². The first-order valence-electron chi connectivity index (χ1n) is 11.3. The van der Waals surface area contributed by atoms with Crippen molar-refractivity contribution in [3.8, 4) is 34.0 Å². The summed E-state index contributed by atoms with van der Waals surface area (Å²) in [6, 6.07) is 11.6. The van der Waals surface area contributed by atoms with Crippen LogP contribution in [0.25, 0.3) is 34.0 Å². The Kier molecular flexibility index (Phi) is 5.18. The molecule has 1 aliphatic heterocycles. The van der Waals surface area contributed by atoms with Gasteiger partial charge in [-0.25, -0.2) is 0 Å². The zero-order valence-electron chi connectivity index (χ0n) is 18.7. The van der Waals surface area contributed by atoms with E-state index in [0.717, 1.165) is 11.4 Å². The molecule has 1 aliphatic carbocycles. The number of carboxylic acids is 1. The zero-order valence-corrected chi connectivity index (χ0v) is 18.7. The van der Waals surface area contributed by atoms with Crippen LogP contribution in [0.4, 0.5) is 13.2 Å². The molecule has 0 bridgehead atoms. The number of likely N-dealkylation sites (tertiary alicyclic amines) is 1. The molecule has 0 amide bonds. The lowest BCUT2D eigenvalue weighted by molar-refractivity contribution is -0.147. The number of rotatable bonds is 5. The maximum atomic E-state index is 14.1. The van der Waals surface area contributed by atoms with E-state index in [9.17, 15) is 18.0 Å². The van der Waals surface area contributed by atoms with E-state index in [1.54, 1.807) is 18.2 Å². The third-order valence-corrected chi connectivity index (χ3v) is 6.60. The number of pyridine rings is 1. The van der Waals surface area contributed by atoms with E-state index in [2.05, 4.69) is 10.3 Å². The van der Waals surface area contributed by atoms with Crippen LogP contribution in [0.1, 0.15) is 22.5 Å². The summed E-state index contributed by atoms with van der Waals surface area (Å²) in [5.41, 5.74) is 1.65. The van der Waals surface area contributed by atoms with E-state index in [-0.39, 0.29) is 22.9 Å². The Hall–Kier alpha value is -3.99. The minimum absolute atomic E-state index is 0.0123. The fraction of sp³-hybridized carbons (Fsp3) is 0.280. The largest absolute Gasteiger partial charge is 0.481 e. The highest BCUT2D eigenvalue weighted by molar-refractivity contribution is 5.78. The van der Waals surface area contributed by atoms with Gasteiger partial charge >= 0.3 is 12.1 Å². The van der Waals surface area contributed by atoms with Crippen molar-refractivity contribution in [2.24, 2.45) is 5.92 Å². The van der Waals surface area contributed by atoms with Gasteiger partial charge in [-0.05, 0) is 25.0 Å². The van der Waals surface area contributed by atoms with Gasteiger partial charge in [-0.15, -0.1) is 0 Å². The second-order valence-electron chi connectivity index (χ2n) is 8.96. The molecule has 4 heterocycles. The molecule has 6 rings (SSSR count). The number of benzene rings is 1. The highest BCUT2D eigenvalue weighted by Gasteiger charge is 2.43. The molecule has 2 aliphatic rings. The predicted molar refractivity (Wildman–Crippen MR) is 119 cm³/mol. The van der Waals surface area contributed by atoms with Gasteiger partial charge in [0.15, 0.2) is 11.5 Å². The number of aromatic nitrogens is 3. The van der Waals surface area contributed by atoms with Crippen LogP contribution in [-0.4, -0.2) is 44.4 Å². The fourth-order valence-corrected chi connectivity index (χ4v) is 4.80. The number of carbonyl (C=O) groups is 1. The van der Waals surface area contributed by atoms with E-state index in [1.807, 2.05) is 17.0 Å². The number of hydrogen-bond acceptors (Lipinski definition) is 7. The molecule has 1 aromatic carbocycles. The van der Waals surface area contributed by atoms with Crippen molar-refractivity contribution >= 4 is 5.97 Å².